The van der Waals surface area contributed by atoms with Crippen molar-refractivity contribution < 1.29 is 28.3 Å². The van der Waals surface area contributed by atoms with Crippen LogP contribution >= 0.6 is 0 Å². The Morgan fingerprint density at radius 2 is 1.72 bits per heavy atom. The number of nitrogens with zero attached hydrogens (tertiary/aromatic N) is 1. The zero-order chi connectivity index (χ0) is 23.1. The largest absolute Gasteiger partial charge is 0.497 e. The first-order valence-electron chi connectivity index (χ1n) is 9.88. The Balaban J connectivity index is 1.67. The first kappa shape index (κ1) is 22.7. The summed E-state index contributed by atoms with van der Waals surface area (Å²) in [5.41, 5.74) is 3.05. The van der Waals surface area contributed by atoms with E-state index < -0.39 is 0 Å². The van der Waals surface area contributed by atoms with Gasteiger partial charge < -0.3 is 28.8 Å². The maximum atomic E-state index is 12.4. The molecular formula is C24H26N2O6. The van der Waals surface area contributed by atoms with Crippen LogP contribution in [0.2, 0.25) is 0 Å². The Morgan fingerprint density at radius 1 is 1.00 bits per heavy atom. The molecule has 0 bridgehead atoms. The number of rotatable bonds is 9. The van der Waals surface area contributed by atoms with Crippen molar-refractivity contribution in [3.63, 3.8) is 0 Å². The number of aryl methyl sites for hydroxylation is 2. The second-order valence-electron chi connectivity index (χ2n) is 6.93. The Morgan fingerprint density at radius 3 is 2.31 bits per heavy atom. The SMILES string of the molecule is COc1cc(NC(=O)/C=C/c2ccc(OCc3c(C)noc3C)c(OC)c2)cc(OC)c1. The summed E-state index contributed by atoms with van der Waals surface area (Å²) in [6, 6.07) is 10.6. The number of anilines is 1. The van der Waals surface area contributed by atoms with Gasteiger partial charge in [0.2, 0.25) is 5.91 Å². The number of hydrogen-bond acceptors (Lipinski definition) is 7. The average Bonchev–Trinajstić information content (AvgIpc) is 3.13. The number of nitrogens with one attached hydrogen (secondary N) is 1. The summed E-state index contributed by atoms with van der Waals surface area (Å²) < 4.78 is 26.9. The molecule has 168 valence electrons. The number of carbonyl (C=O) groups is 1. The van der Waals surface area contributed by atoms with Crippen molar-refractivity contribution in [1.29, 1.82) is 0 Å². The molecule has 1 heterocycles. The highest BCUT2D eigenvalue weighted by Gasteiger charge is 2.12. The van der Waals surface area contributed by atoms with Gasteiger partial charge in [-0.15, -0.1) is 0 Å². The van der Waals surface area contributed by atoms with E-state index in [9.17, 15) is 4.79 Å². The van der Waals surface area contributed by atoms with Crippen LogP contribution in [0.4, 0.5) is 5.69 Å². The minimum atomic E-state index is -0.294. The summed E-state index contributed by atoms with van der Waals surface area (Å²) in [5.74, 6) is 2.73. The van der Waals surface area contributed by atoms with Crippen molar-refractivity contribution in [2.45, 2.75) is 20.5 Å². The van der Waals surface area contributed by atoms with Crippen LogP contribution in [-0.2, 0) is 11.4 Å². The van der Waals surface area contributed by atoms with E-state index in [0.717, 1.165) is 22.6 Å². The molecule has 0 aliphatic carbocycles. The first-order valence-corrected chi connectivity index (χ1v) is 9.88. The van der Waals surface area contributed by atoms with E-state index in [0.29, 0.717) is 35.3 Å². The van der Waals surface area contributed by atoms with Gasteiger partial charge in [0.25, 0.3) is 0 Å². The van der Waals surface area contributed by atoms with Crippen LogP contribution < -0.4 is 24.3 Å². The summed E-state index contributed by atoms with van der Waals surface area (Å²) in [6.07, 6.45) is 3.12. The predicted octanol–water partition coefficient (Wildman–Crippen LogP) is 4.55. The molecule has 8 heteroatoms. The molecule has 0 atom stereocenters. The van der Waals surface area contributed by atoms with Crippen molar-refractivity contribution >= 4 is 17.7 Å². The molecule has 0 aliphatic rings. The molecule has 0 aliphatic heterocycles. The highest BCUT2D eigenvalue weighted by atomic mass is 16.5. The maximum absolute atomic E-state index is 12.4. The topological polar surface area (TPSA) is 92.1 Å². The molecule has 0 fully saturated rings. The summed E-state index contributed by atoms with van der Waals surface area (Å²) in [5, 5.41) is 6.72. The number of benzene rings is 2. The van der Waals surface area contributed by atoms with Crippen molar-refractivity contribution in [2.75, 3.05) is 26.6 Å². The molecule has 3 rings (SSSR count). The number of aromatic nitrogens is 1. The Bertz CT molecular complexity index is 1080. The lowest BCUT2D eigenvalue weighted by Gasteiger charge is -2.11. The fourth-order valence-electron chi connectivity index (χ4n) is 3.00. The van der Waals surface area contributed by atoms with Gasteiger partial charge in [0.05, 0.1) is 32.6 Å². The van der Waals surface area contributed by atoms with Crippen molar-refractivity contribution in [2.24, 2.45) is 0 Å². The third-order valence-corrected chi connectivity index (χ3v) is 4.79. The molecule has 0 spiro atoms. The van der Waals surface area contributed by atoms with Crippen LogP contribution in [0.25, 0.3) is 6.08 Å². The van der Waals surface area contributed by atoms with Gasteiger partial charge in [0, 0.05) is 30.0 Å². The van der Waals surface area contributed by atoms with E-state index in [4.69, 9.17) is 23.5 Å². The van der Waals surface area contributed by atoms with E-state index in [-0.39, 0.29) is 5.91 Å². The van der Waals surface area contributed by atoms with Crippen LogP contribution in [0.3, 0.4) is 0 Å². The molecule has 1 aromatic heterocycles. The van der Waals surface area contributed by atoms with Gasteiger partial charge >= 0.3 is 0 Å². The number of methoxy groups -OCH3 is 3. The fourth-order valence-corrected chi connectivity index (χ4v) is 3.00. The van der Waals surface area contributed by atoms with Crippen LogP contribution in [0.5, 0.6) is 23.0 Å². The second-order valence-corrected chi connectivity index (χ2v) is 6.93. The molecule has 8 nitrogen and oxygen atoms in total. The molecule has 0 saturated heterocycles. The normalized spacial score (nSPS) is 10.8. The van der Waals surface area contributed by atoms with Gasteiger partial charge in [-0.05, 0) is 37.6 Å². The molecule has 1 N–H and O–H groups in total. The number of amides is 1. The molecule has 1 amide bonds. The fraction of sp³-hybridized carbons (Fsp3) is 0.250. The first-order chi connectivity index (χ1) is 15.4. The smallest absolute Gasteiger partial charge is 0.248 e. The van der Waals surface area contributed by atoms with Gasteiger partial charge in [-0.2, -0.15) is 0 Å². The summed E-state index contributed by atoms with van der Waals surface area (Å²) in [4.78, 5) is 12.4. The van der Waals surface area contributed by atoms with Crippen LogP contribution in [0.1, 0.15) is 22.6 Å². The van der Waals surface area contributed by atoms with E-state index in [1.807, 2.05) is 19.9 Å². The molecule has 32 heavy (non-hydrogen) atoms. The van der Waals surface area contributed by atoms with Gasteiger partial charge in [0.1, 0.15) is 23.9 Å². The Hall–Kier alpha value is -3.94. The average molecular weight is 438 g/mol. The maximum Gasteiger partial charge on any atom is 0.248 e. The molecular weight excluding hydrogens is 412 g/mol. The zero-order valence-corrected chi connectivity index (χ0v) is 18.7. The van der Waals surface area contributed by atoms with Crippen LogP contribution in [-0.4, -0.2) is 32.4 Å². The van der Waals surface area contributed by atoms with Crippen LogP contribution in [0, 0.1) is 13.8 Å². The van der Waals surface area contributed by atoms with Gasteiger partial charge in [-0.25, -0.2) is 0 Å². The number of ether oxygens (including phenoxy) is 4. The van der Waals surface area contributed by atoms with E-state index in [2.05, 4.69) is 10.5 Å². The minimum absolute atomic E-state index is 0.294. The summed E-state index contributed by atoms with van der Waals surface area (Å²) in [7, 11) is 4.67. The van der Waals surface area contributed by atoms with E-state index in [1.54, 1.807) is 57.7 Å². The predicted molar refractivity (Wildman–Crippen MR) is 121 cm³/mol. The Labute approximate surface area is 186 Å². The quantitative estimate of drug-likeness (QED) is 0.490. The lowest BCUT2D eigenvalue weighted by Crippen LogP contribution is -2.08. The number of carbonyl (C=O) groups excluding carboxylic acids is 1. The van der Waals surface area contributed by atoms with Crippen molar-refractivity contribution in [3.8, 4) is 23.0 Å². The molecule has 3 aromatic rings. The lowest BCUT2D eigenvalue weighted by atomic mass is 10.1. The molecule has 0 radical (unpaired) electrons. The highest BCUT2D eigenvalue weighted by molar-refractivity contribution is 6.02. The highest BCUT2D eigenvalue weighted by Crippen LogP contribution is 2.30. The van der Waals surface area contributed by atoms with E-state index >= 15 is 0 Å². The van der Waals surface area contributed by atoms with Crippen LogP contribution in [0.15, 0.2) is 47.0 Å². The van der Waals surface area contributed by atoms with Crippen molar-refractivity contribution in [3.05, 3.63) is 65.1 Å². The number of hydrogen-bond donors (Lipinski definition) is 1. The zero-order valence-electron chi connectivity index (χ0n) is 18.7. The second kappa shape index (κ2) is 10.4. The standard InChI is InChI=1S/C24H26N2O6/c1-15-21(16(2)32-26-15)14-31-22-8-6-17(10-23(22)30-5)7-9-24(27)25-18-11-19(28-3)13-20(12-18)29-4/h6-13H,14H2,1-5H3,(H,25,27)/b9-7+. The summed E-state index contributed by atoms with van der Waals surface area (Å²) >= 11 is 0. The van der Waals surface area contributed by atoms with Gasteiger partial charge in [0.15, 0.2) is 11.5 Å². The molecule has 0 saturated carbocycles. The summed E-state index contributed by atoms with van der Waals surface area (Å²) in [6.45, 7) is 4.03. The molecule has 0 unspecified atom stereocenters. The Kier molecular flexibility index (Phi) is 7.38. The van der Waals surface area contributed by atoms with Gasteiger partial charge in [-0.3, -0.25) is 4.79 Å². The molecule has 2 aromatic carbocycles. The monoisotopic (exact) mass is 438 g/mol. The van der Waals surface area contributed by atoms with E-state index in [1.165, 1.54) is 6.08 Å². The van der Waals surface area contributed by atoms with Gasteiger partial charge in [-0.1, -0.05) is 11.2 Å². The minimum Gasteiger partial charge on any atom is -0.497 e. The van der Waals surface area contributed by atoms with Crippen molar-refractivity contribution in [1.82, 2.24) is 5.16 Å². The third kappa shape index (κ3) is 5.60. The lowest BCUT2D eigenvalue weighted by molar-refractivity contribution is -0.111. The third-order valence-electron chi connectivity index (χ3n) is 4.79.